The number of amides is 1. The molecule has 0 N–H and O–H groups in total. The van der Waals surface area contributed by atoms with E-state index in [-0.39, 0.29) is 5.91 Å². The Kier molecular flexibility index (Phi) is 5.16. The quantitative estimate of drug-likeness (QED) is 0.510. The Hall–Kier alpha value is -1.92. The standard InChI is InChI=1S/C18H19N3OS2/c1-12-4-5-14(13(2)8-12)9-21(3)16(22)10-24-18-17-15(6-7-23-17)19-11-20-18/h4-8,11H,9-10H2,1-3H3. The molecule has 0 spiro atoms. The maximum absolute atomic E-state index is 12.4. The molecule has 0 unspecified atom stereocenters. The molecule has 0 saturated heterocycles. The molecule has 0 aliphatic carbocycles. The molecule has 3 rings (SSSR count). The highest BCUT2D eigenvalue weighted by Gasteiger charge is 2.13. The predicted octanol–water partition coefficient (Wildman–Crippen LogP) is 4.06. The fourth-order valence-electron chi connectivity index (χ4n) is 2.48. The molecule has 0 bridgehead atoms. The molecule has 3 aromatic rings. The van der Waals surface area contributed by atoms with Crippen LogP contribution in [0.2, 0.25) is 0 Å². The maximum Gasteiger partial charge on any atom is 0.233 e. The second-order valence-corrected chi connectivity index (χ2v) is 7.66. The lowest BCUT2D eigenvalue weighted by molar-refractivity contribution is -0.127. The first kappa shape index (κ1) is 16.9. The molecule has 2 heterocycles. The largest absolute Gasteiger partial charge is 0.341 e. The van der Waals surface area contributed by atoms with E-state index >= 15 is 0 Å². The third kappa shape index (κ3) is 3.76. The number of carbonyl (C=O) groups is 1. The first-order chi connectivity index (χ1) is 11.5. The van der Waals surface area contributed by atoms with Crippen molar-refractivity contribution in [1.29, 1.82) is 0 Å². The van der Waals surface area contributed by atoms with Crippen LogP contribution in [0.3, 0.4) is 0 Å². The molecular weight excluding hydrogens is 338 g/mol. The number of aromatic nitrogens is 2. The summed E-state index contributed by atoms with van der Waals surface area (Å²) in [7, 11) is 1.85. The minimum absolute atomic E-state index is 0.100. The SMILES string of the molecule is Cc1ccc(CN(C)C(=O)CSc2ncnc3ccsc23)c(C)c1. The highest BCUT2D eigenvalue weighted by atomic mass is 32.2. The molecule has 0 atom stereocenters. The molecule has 124 valence electrons. The topological polar surface area (TPSA) is 46.1 Å². The highest BCUT2D eigenvalue weighted by Crippen LogP contribution is 2.28. The number of benzene rings is 1. The van der Waals surface area contributed by atoms with Gasteiger partial charge in [-0.2, -0.15) is 0 Å². The zero-order chi connectivity index (χ0) is 17.1. The summed E-state index contributed by atoms with van der Waals surface area (Å²) in [6.07, 6.45) is 1.56. The Balaban J connectivity index is 1.63. The van der Waals surface area contributed by atoms with Gasteiger partial charge in [0.05, 0.1) is 16.0 Å². The molecule has 0 fully saturated rings. The summed E-state index contributed by atoms with van der Waals surface area (Å²) in [5.41, 5.74) is 4.58. The van der Waals surface area contributed by atoms with Crippen LogP contribution in [-0.2, 0) is 11.3 Å². The molecule has 0 aliphatic heterocycles. The van der Waals surface area contributed by atoms with Gasteiger partial charge in [-0.25, -0.2) is 9.97 Å². The number of thiophene rings is 1. The molecule has 6 heteroatoms. The first-order valence-electron chi connectivity index (χ1n) is 7.65. The second kappa shape index (κ2) is 7.32. The lowest BCUT2D eigenvalue weighted by Crippen LogP contribution is -2.28. The fraction of sp³-hybridized carbons (Fsp3) is 0.278. The molecule has 1 amide bonds. The van der Waals surface area contributed by atoms with E-state index in [4.69, 9.17) is 0 Å². The maximum atomic E-state index is 12.4. The molecule has 1 aromatic carbocycles. The average molecular weight is 358 g/mol. The normalized spacial score (nSPS) is 11.0. The second-order valence-electron chi connectivity index (χ2n) is 5.78. The number of hydrogen-bond donors (Lipinski definition) is 0. The van der Waals surface area contributed by atoms with Crippen molar-refractivity contribution in [1.82, 2.24) is 14.9 Å². The van der Waals surface area contributed by atoms with Crippen LogP contribution in [0.5, 0.6) is 0 Å². The van der Waals surface area contributed by atoms with Gasteiger partial charge in [-0.3, -0.25) is 4.79 Å². The van der Waals surface area contributed by atoms with Gasteiger partial charge in [0.1, 0.15) is 11.4 Å². The van der Waals surface area contributed by atoms with Crippen molar-refractivity contribution in [3.8, 4) is 0 Å². The smallest absolute Gasteiger partial charge is 0.233 e. The minimum atomic E-state index is 0.100. The van der Waals surface area contributed by atoms with Crippen LogP contribution in [-0.4, -0.2) is 33.6 Å². The van der Waals surface area contributed by atoms with Gasteiger partial charge in [-0.15, -0.1) is 11.3 Å². The number of rotatable bonds is 5. The number of hydrogen-bond acceptors (Lipinski definition) is 5. The van der Waals surface area contributed by atoms with Crippen molar-refractivity contribution >= 4 is 39.2 Å². The van der Waals surface area contributed by atoms with Crippen molar-refractivity contribution < 1.29 is 4.79 Å². The summed E-state index contributed by atoms with van der Waals surface area (Å²) < 4.78 is 1.05. The zero-order valence-electron chi connectivity index (χ0n) is 13.9. The summed E-state index contributed by atoms with van der Waals surface area (Å²) in [6.45, 7) is 4.79. The number of fused-ring (bicyclic) bond motifs is 1. The van der Waals surface area contributed by atoms with Crippen LogP contribution >= 0.6 is 23.1 Å². The van der Waals surface area contributed by atoms with Gasteiger partial charge in [0.15, 0.2) is 0 Å². The summed E-state index contributed by atoms with van der Waals surface area (Å²) in [6, 6.07) is 8.31. The number of aryl methyl sites for hydroxylation is 2. The van der Waals surface area contributed by atoms with Gasteiger partial charge in [0, 0.05) is 13.6 Å². The van der Waals surface area contributed by atoms with Crippen LogP contribution in [0.1, 0.15) is 16.7 Å². The molecule has 4 nitrogen and oxygen atoms in total. The number of thioether (sulfide) groups is 1. The molecular formula is C18H19N3OS2. The van der Waals surface area contributed by atoms with Crippen LogP contribution in [0, 0.1) is 13.8 Å². The van der Waals surface area contributed by atoms with Crippen molar-refractivity contribution in [2.24, 2.45) is 0 Å². The highest BCUT2D eigenvalue weighted by molar-refractivity contribution is 8.00. The summed E-state index contributed by atoms with van der Waals surface area (Å²) in [4.78, 5) is 22.8. The van der Waals surface area contributed by atoms with Crippen molar-refractivity contribution in [3.05, 3.63) is 52.7 Å². The Morgan fingerprint density at radius 3 is 2.88 bits per heavy atom. The number of nitrogens with zero attached hydrogens (tertiary/aromatic N) is 3. The van der Waals surface area contributed by atoms with Crippen LogP contribution in [0.15, 0.2) is 41.0 Å². The van der Waals surface area contributed by atoms with E-state index in [0.717, 1.165) is 15.2 Å². The summed E-state index contributed by atoms with van der Waals surface area (Å²) in [5, 5.41) is 2.88. The Morgan fingerprint density at radius 2 is 2.08 bits per heavy atom. The van der Waals surface area contributed by atoms with Crippen LogP contribution < -0.4 is 0 Å². The fourth-order valence-corrected chi connectivity index (χ4v) is 4.36. The molecule has 0 radical (unpaired) electrons. The van der Waals surface area contributed by atoms with E-state index in [1.54, 1.807) is 22.6 Å². The molecule has 2 aromatic heterocycles. The zero-order valence-corrected chi connectivity index (χ0v) is 15.6. The Labute approximate surface area is 149 Å². The van der Waals surface area contributed by atoms with Gasteiger partial charge >= 0.3 is 0 Å². The van der Waals surface area contributed by atoms with Gasteiger partial charge in [-0.1, -0.05) is 35.5 Å². The van der Waals surface area contributed by atoms with E-state index in [1.807, 2.05) is 18.5 Å². The van der Waals surface area contributed by atoms with Crippen molar-refractivity contribution in [3.63, 3.8) is 0 Å². The molecule has 0 aliphatic rings. The molecule has 24 heavy (non-hydrogen) atoms. The predicted molar refractivity (Wildman–Crippen MR) is 101 cm³/mol. The Bertz CT molecular complexity index is 876. The lowest BCUT2D eigenvalue weighted by atomic mass is 10.1. The lowest BCUT2D eigenvalue weighted by Gasteiger charge is -2.18. The van der Waals surface area contributed by atoms with Crippen molar-refractivity contribution in [2.45, 2.75) is 25.4 Å². The van der Waals surface area contributed by atoms with Gasteiger partial charge in [0.25, 0.3) is 0 Å². The Morgan fingerprint density at radius 1 is 1.25 bits per heavy atom. The number of carbonyl (C=O) groups excluding carboxylic acids is 1. The first-order valence-corrected chi connectivity index (χ1v) is 9.52. The third-order valence-electron chi connectivity index (χ3n) is 3.87. The monoisotopic (exact) mass is 357 g/mol. The van der Waals surface area contributed by atoms with E-state index in [9.17, 15) is 4.79 Å². The van der Waals surface area contributed by atoms with Gasteiger partial charge in [0.2, 0.25) is 5.91 Å². The summed E-state index contributed by atoms with van der Waals surface area (Å²) in [5.74, 6) is 0.481. The van der Waals surface area contributed by atoms with Gasteiger partial charge in [-0.05, 0) is 36.4 Å². The van der Waals surface area contributed by atoms with Gasteiger partial charge < -0.3 is 4.90 Å². The van der Waals surface area contributed by atoms with Crippen LogP contribution in [0.25, 0.3) is 10.2 Å². The summed E-state index contributed by atoms with van der Waals surface area (Å²) >= 11 is 3.09. The van der Waals surface area contributed by atoms with Crippen molar-refractivity contribution in [2.75, 3.05) is 12.8 Å². The van der Waals surface area contributed by atoms with E-state index in [1.165, 1.54) is 28.5 Å². The van der Waals surface area contributed by atoms with E-state index in [0.29, 0.717) is 12.3 Å². The molecule has 0 saturated carbocycles. The minimum Gasteiger partial charge on any atom is -0.341 e. The average Bonchev–Trinajstić information content (AvgIpc) is 3.04. The van der Waals surface area contributed by atoms with Crippen LogP contribution in [0.4, 0.5) is 0 Å². The van der Waals surface area contributed by atoms with E-state index in [2.05, 4.69) is 42.0 Å². The third-order valence-corrected chi connectivity index (χ3v) is 5.89. The van der Waals surface area contributed by atoms with E-state index < -0.39 is 0 Å².